The Labute approximate surface area is 114 Å². The molecule has 1 N–H and O–H groups in total. The summed E-state index contributed by atoms with van der Waals surface area (Å²) in [4.78, 5) is 0. The Morgan fingerprint density at radius 1 is 1.37 bits per heavy atom. The number of allylic oxidation sites excluding steroid dienone is 2. The van der Waals surface area contributed by atoms with Gasteiger partial charge in [-0.25, -0.2) is 0 Å². The highest BCUT2D eigenvalue weighted by atomic mass is 16.5. The molecule has 0 aliphatic rings. The van der Waals surface area contributed by atoms with E-state index in [1.165, 1.54) is 0 Å². The van der Waals surface area contributed by atoms with Gasteiger partial charge in [-0.1, -0.05) is 12.7 Å². The first-order valence-corrected chi connectivity index (χ1v) is 6.05. The minimum atomic E-state index is 0.267. The molecule has 0 saturated heterocycles. The van der Waals surface area contributed by atoms with Gasteiger partial charge in [0.15, 0.2) is 0 Å². The largest absolute Gasteiger partial charge is 0.508 e. The summed E-state index contributed by atoms with van der Waals surface area (Å²) >= 11 is 0. The van der Waals surface area contributed by atoms with Crippen molar-refractivity contribution in [1.29, 1.82) is 0 Å². The smallest absolute Gasteiger partial charge is 0.120 e. The van der Waals surface area contributed by atoms with Crippen LogP contribution in [0.1, 0.15) is 12.5 Å². The molecular weight excluding hydrogens is 240 g/mol. The number of aryl methyl sites for hydroxylation is 1. The Morgan fingerprint density at radius 3 is 2.68 bits per heavy atom. The molecule has 0 spiro atoms. The summed E-state index contributed by atoms with van der Waals surface area (Å²) in [6.07, 6.45) is 5.56. The monoisotopic (exact) mass is 260 g/mol. The minimum absolute atomic E-state index is 0.267. The van der Waals surface area contributed by atoms with E-state index in [2.05, 4.69) is 6.58 Å². The molecule has 0 amide bonds. The molecule has 0 aliphatic carbocycles. The van der Waals surface area contributed by atoms with Gasteiger partial charge in [0, 0.05) is 0 Å². The van der Waals surface area contributed by atoms with Gasteiger partial charge in [0.25, 0.3) is 0 Å². The molecule has 1 aromatic carbocycles. The van der Waals surface area contributed by atoms with Crippen LogP contribution in [0, 0.1) is 6.92 Å². The Balaban J connectivity index is 2.52. The second kappa shape index (κ2) is 7.31. The van der Waals surface area contributed by atoms with Crippen molar-refractivity contribution in [3.05, 3.63) is 59.9 Å². The van der Waals surface area contributed by atoms with Crippen LogP contribution >= 0.6 is 0 Å². The highest BCUT2D eigenvalue weighted by Gasteiger charge is 1.99. The molecule has 0 saturated carbocycles. The molecule has 0 aromatic heterocycles. The molecule has 0 bridgehead atoms. The van der Waals surface area contributed by atoms with Crippen molar-refractivity contribution in [1.82, 2.24) is 0 Å². The summed E-state index contributed by atoms with van der Waals surface area (Å²) in [5.74, 6) is 1.76. The molecule has 0 unspecified atom stereocenters. The first-order chi connectivity index (χ1) is 9.06. The van der Waals surface area contributed by atoms with Gasteiger partial charge in [0.2, 0.25) is 0 Å². The van der Waals surface area contributed by atoms with Crippen LogP contribution in [0.15, 0.2) is 54.3 Å². The van der Waals surface area contributed by atoms with Gasteiger partial charge in [-0.15, -0.1) is 0 Å². The number of hydrogen-bond donors (Lipinski definition) is 1. The van der Waals surface area contributed by atoms with Gasteiger partial charge < -0.3 is 14.6 Å². The van der Waals surface area contributed by atoms with Gasteiger partial charge in [0.05, 0.1) is 7.11 Å². The molecule has 0 atom stereocenters. The quantitative estimate of drug-likeness (QED) is 0.625. The van der Waals surface area contributed by atoms with Crippen LogP contribution in [0.5, 0.6) is 11.5 Å². The van der Waals surface area contributed by atoms with Gasteiger partial charge in [0.1, 0.15) is 23.9 Å². The van der Waals surface area contributed by atoms with E-state index >= 15 is 0 Å². The van der Waals surface area contributed by atoms with Crippen LogP contribution in [-0.2, 0) is 4.74 Å². The van der Waals surface area contributed by atoms with E-state index in [0.29, 0.717) is 12.4 Å². The molecule has 102 valence electrons. The molecule has 3 heteroatoms. The molecule has 1 aromatic rings. The summed E-state index contributed by atoms with van der Waals surface area (Å²) in [5.41, 5.74) is 1.62. The van der Waals surface area contributed by atoms with Crippen LogP contribution in [0.4, 0.5) is 0 Å². The lowest BCUT2D eigenvalue weighted by molar-refractivity contribution is 0.306. The molecule has 0 aliphatic heterocycles. The van der Waals surface area contributed by atoms with Gasteiger partial charge in [-0.05, 0) is 55.3 Å². The first kappa shape index (κ1) is 14.9. The minimum Gasteiger partial charge on any atom is -0.508 e. The summed E-state index contributed by atoms with van der Waals surface area (Å²) in [6, 6.07) is 5.14. The topological polar surface area (TPSA) is 38.7 Å². The Bertz CT molecular complexity index is 499. The van der Waals surface area contributed by atoms with Gasteiger partial charge in [-0.2, -0.15) is 0 Å². The maximum atomic E-state index is 9.42. The van der Waals surface area contributed by atoms with Gasteiger partial charge >= 0.3 is 0 Å². The van der Waals surface area contributed by atoms with E-state index in [-0.39, 0.29) is 5.75 Å². The fourth-order valence-electron chi connectivity index (χ4n) is 1.42. The predicted molar refractivity (Wildman–Crippen MR) is 77.4 cm³/mol. The molecular formula is C16H20O3. The second-order valence-electron chi connectivity index (χ2n) is 4.12. The fourth-order valence-corrected chi connectivity index (χ4v) is 1.42. The average molecular weight is 260 g/mol. The molecule has 3 nitrogen and oxygen atoms in total. The van der Waals surface area contributed by atoms with Crippen molar-refractivity contribution in [2.45, 2.75) is 13.8 Å². The van der Waals surface area contributed by atoms with E-state index in [1.807, 2.05) is 32.1 Å². The summed E-state index contributed by atoms with van der Waals surface area (Å²) in [5, 5.41) is 9.42. The lowest BCUT2D eigenvalue weighted by atomic mass is 10.2. The van der Waals surface area contributed by atoms with Crippen molar-refractivity contribution in [2.75, 3.05) is 13.7 Å². The standard InChI is InChI=1S/C16H20O3/c1-5-14(18-4)7-6-12(2)11-19-15-8-9-16(17)13(3)10-15/h5-10,17H,2,11H2,1,3-4H3/b7-6-,14-5+. The van der Waals surface area contributed by atoms with Crippen LogP contribution in [0.25, 0.3) is 0 Å². The first-order valence-electron chi connectivity index (χ1n) is 6.05. The third-order valence-corrected chi connectivity index (χ3v) is 2.60. The lowest BCUT2D eigenvalue weighted by Crippen LogP contribution is -1.98. The Morgan fingerprint density at radius 2 is 2.11 bits per heavy atom. The van der Waals surface area contributed by atoms with Crippen molar-refractivity contribution < 1.29 is 14.6 Å². The number of ether oxygens (including phenoxy) is 2. The van der Waals surface area contributed by atoms with Crippen molar-refractivity contribution in [2.24, 2.45) is 0 Å². The van der Waals surface area contributed by atoms with Crippen LogP contribution in [0.2, 0.25) is 0 Å². The van der Waals surface area contributed by atoms with Crippen LogP contribution in [0.3, 0.4) is 0 Å². The lowest BCUT2D eigenvalue weighted by Gasteiger charge is -2.08. The summed E-state index contributed by atoms with van der Waals surface area (Å²) in [7, 11) is 1.62. The molecule has 0 radical (unpaired) electrons. The number of hydrogen-bond acceptors (Lipinski definition) is 3. The van der Waals surface area contributed by atoms with E-state index in [4.69, 9.17) is 9.47 Å². The number of methoxy groups -OCH3 is 1. The van der Waals surface area contributed by atoms with Crippen LogP contribution in [-0.4, -0.2) is 18.8 Å². The van der Waals surface area contributed by atoms with Crippen LogP contribution < -0.4 is 4.74 Å². The average Bonchev–Trinajstić information content (AvgIpc) is 2.41. The van der Waals surface area contributed by atoms with E-state index in [1.54, 1.807) is 25.3 Å². The molecule has 1 rings (SSSR count). The molecule has 0 fully saturated rings. The van der Waals surface area contributed by atoms with Crippen molar-refractivity contribution in [3.63, 3.8) is 0 Å². The fraction of sp³-hybridized carbons (Fsp3) is 0.250. The predicted octanol–water partition coefficient (Wildman–Crippen LogP) is 3.74. The number of rotatable bonds is 6. The summed E-state index contributed by atoms with van der Waals surface area (Å²) in [6.45, 7) is 8.03. The second-order valence-corrected chi connectivity index (χ2v) is 4.12. The SMILES string of the molecule is C=C(/C=C\C(=C/C)OC)COc1ccc(O)c(C)c1. The number of benzene rings is 1. The number of aromatic hydroxyl groups is 1. The highest BCUT2D eigenvalue weighted by molar-refractivity contribution is 5.38. The Hall–Kier alpha value is -2.16. The molecule has 19 heavy (non-hydrogen) atoms. The number of phenolic OH excluding ortho intramolecular Hbond substituents is 1. The normalized spacial score (nSPS) is 11.6. The summed E-state index contributed by atoms with van der Waals surface area (Å²) < 4.78 is 10.7. The number of phenols is 1. The van der Waals surface area contributed by atoms with Crippen molar-refractivity contribution >= 4 is 0 Å². The third kappa shape index (κ3) is 4.92. The zero-order chi connectivity index (χ0) is 14.3. The zero-order valence-electron chi connectivity index (χ0n) is 11.6. The van der Waals surface area contributed by atoms with Crippen molar-refractivity contribution in [3.8, 4) is 11.5 Å². The molecule has 0 heterocycles. The van der Waals surface area contributed by atoms with E-state index in [9.17, 15) is 5.11 Å². The maximum Gasteiger partial charge on any atom is 0.120 e. The maximum absolute atomic E-state index is 9.42. The third-order valence-electron chi connectivity index (χ3n) is 2.60. The Kier molecular flexibility index (Phi) is 5.73. The van der Waals surface area contributed by atoms with Gasteiger partial charge in [-0.3, -0.25) is 0 Å². The van der Waals surface area contributed by atoms with E-state index < -0.39 is 0 Å². The zero-order valence-corrected chi connectivity index (χ0v) is 11.6. The van der Waals surface area contributed by atoms with E-state index in [0.717, 1.165) is 16.9 Å². The highest BCUT2D eigenvalue weighted by Crippen LogP contribution is 2.22.